The van der Waals surface area contributed by atoms with Gasteiger partial charge in [0.2, 0.25) is 5.91 Å². The first-order valence-corrected chi connectivity index (χ1v) is 2.78. The standard InChI is InChI=1S/C5H9F2NO2/c1-3(9)5(10)8-2-4(6)7/h3-4,9H,2H2,1H3,(H,8,10)/t3-/m1/s1. The van der Waals surface area contributed by atoms with Crippen LogP contribution in [0.3, 0.4) is 0 Å². The van der Waals surface area contributed by atoms with Gasteiger partial charge in [-0.2, -0.15) is 0 Å². The van der Waals surface area contributed by atoms with Crippen LogP contribution in [0.5, 0.6) is 0 Å². The Morgan fingerprint density at radius 1 is 1.70 bits per heavy atom. The molecule has 1 amide bonds. The number of rotatable bonds is 3. The lowest BCUT2D eigenvalue weighted by Gasteiger charge is -2.04. The Kier molecular flexibility index (Phi) is 3.87. The van der Waals surface area contributed by atoms with Crippen molar-refractivity contribution in [2.45, 2.75) is 19.5 Å². The van der Waals surface area contributed by atoms with Crippen molar-refractivity contribution in [2.75, 3.05) is 6.54 Å². The number of nitrogens with one attached hydrogen (secondary N) is 1. The number of aliphatic hydroxyl groups excluding tert-OH is 1. The van der Waals surface area contributed by atoms with E-state index in [4.69, 9.17) is 5.11 Å². The lowest BCUT2D eigenvalue weighted by molar-refractivity contribution is -0.129. The molecule has 0 saturated carbocycles. The lowest BCUT2D eigenvalue weighted by Crippen LogP contribution is -2.35. The number of hydrogen-bond acceptors (Lipinski definition) is 2. The van der Waals surface area contributed by atoms with E-state index in [2.05, 4.69) is 0 Å². The molecule has 1 atom stereocenters. The van der Waals surface area contributed by atoms with E-state index in [1.54, 1.807) is 0 Å². The zero-order chi connectivity index (χ0) is 8.15. The van der Waals surface area contributed by atoms with E-state index in [0.29, 0.717) is 0 Å². The molecule has 0 rings (SSSR count). The molecule has 0 spiro atoms. The molecule has 0 aromatic heterocycles. The maximum absolute atomic E-state index is 11.4. The van der Waals surface area contributed by atoms with Gasteiger partial charge in [0.1, 0.15) is 6.10 Å². The van der Waals surface area contributed by atoms with Crippen molar-refractivity contribution in [3.63, 3.8) is 0 Å². The Morgan fingerprint density at radius 2 is 2.20 bits per heavy atom. The molecule has 3 nitrogen and oxygen atoms in total. The monoisotopic (exact) mass is 153 g/mol. The average Bonchev–Trinajstić information content (AvgIpc) is 1.82. The molecule has 0 saturated heterocycles. The van der Waals surface area contributed by atoms with Crippen molar-refractivity contribution < 1.29 is 18.7 Å². The van der Waals surface area contributed by atoms with Gasteiger partial charge in [0.05, 0.1) is 6.54 Å². The maximum atomic E-state index is 11.4. The molecule has 0 heterocycles. The summed E-state index contributed by atoms with van der Waals surface area (Å²) in [7, 11) is 0. The maximum Gasteiger partial charge on any atom is 0.255 e. The van der Waals surface area contributed by atoms with E-state index >= 15 is 0 Å². The summed E-state index contributed by atoms with van der Waals surface area (Å²) < 4.78 is 22.7. The van der Waals surface area contributed by atoms with Crippen LogP contribution in [0.25, 0.3) is 0 Å². The highest BCUT2D eigenvalue weighted by Crippen LogP contribution is 1.88. The largest absolute Gasteiger partial charge is 0.384 e. The van der Waals surface area contributed by atoms with Crippen molar-refractivity contribution in [1.29, 1.82) is 0 Å². The second kappa shape index (κ2) is 4.16. The highest BCUT2D eigenvalue weighted by molar-refractivity contribution is 5.79. The first-order valence-electron chi connectivity index (χ1n) is 2.78. The average molecular weight is 153 g/mol. The van der Waals surface area contributed by atoms with Crippen LogP contribution < -0.4 is 5.32 Å². The molecule has 0 fully saturated rings. The summed E-state index contributed by atoms with van der Waals surface area (Å²) in [6, 6.07) is 0. The van der Waals surface area contributed by atoms with Gasteiger partial charge in [0.25, 0.3) is 6.43 Å². The van der Waals surface area contributed by atoms with Crippen molar-refractivity contribution in [3.05, 3.63) is 0 Å². The van der Waals surface area contributed by atoms with Gasteiger partial charge in [-0.25, -0.2) is 8.78 Å². The Balaban J connectivity index is 3.40. The molecule has 0 radical (unpaired) electrons. The van der Waals surface area contributed by atoms with Crippen LogP contribution in [0, 0.1) is 0 Å². The quantitative estimate of drug-likeness (QED) is 0.587. The summed E-state index contributed by atoms with van der Waals surface area (Å²) in [6.07, 6.45) is -3.79. The van der Waals surface area contributed by atoms with Crippen molar-refractivity contribution in [2.24, 2.45) is 0 Å². The lowest BCUT2D eigenvalue weighted by atomic mass is 10.4. The molecule has 0 bridgehead atoms. The van der Waals surface area contributed by atoms with Gasteiger partial charge in [-0.3, -0.25) is 4.79 Å². The second-order valence-electron chi connectivity index (χ2n) is 1.81. The highest BCUT2D eigenvalue weighted by atomic mass is 19.3. The molecule has 0 aliphatic heterocycles. The fraction of sp³-hybridized carbons (Fsp3) is 0.800. The van der Waals surface area contributed by atoms with Crippen molar-refractivity contribution >= 4 is 5.91 Å². The molecule has 5 heteroatoms. The summed E-state index contributed by atoms with van der Waals surface area (Å²) >= 11 is 0. The molecule has 10 heavy (non-hydrogen) atoms. The van der Waals surface area contributed by atoms with Crippen LogP contribution in [-0.2, 0) is 4.79 Å². The first kappa shape index (κ1) is 9.29. The predicted molar refractivity (Wildman–Crippen MR) is 30.7 cm³/mol. The summed E-state index contributed by atoms with van der Waals surface area (Å²) in [6.45, 7) is 0.505. The topological polar surface area (TPSA) is 49.3 Å². The molecular formula is C5H9F2NO2. The number of aliphatic hydroxyl groups is 1. The number of amides is 1. The van der Waals surface area contributed by atoms with Gasteiger partial charge in [-0.1, -0.05) is 0 Å². The summed E-state index contributed by atoms with van der Waals surface area (Å²) in [5.74, 6) is -0.777. The second-order valence-corrected chi connectivity index (χ2v) is 1.81. The molecule has 0 aliphatic rings. The minimum Gasteiger partial charge on any atom is -0.384 e. The number of alkyl halides is 2. The zero-order valence-corrected chi connectivity index (χ0v) is 5.47. The van der Waals surface area contributed by atoms with Crippen LogP contribution in [0.4, 0.5) is 8.78 Å². The van der Waals surface area contributed by atoms with Crippen LogP contribution in [0.1, 0.15) is 6.92 Å². The summed E-state index contributed by atoms with van der Waals surface area (Å²) in [5.41, 5.74) is 0. The van der Waals surface area contributed by atoms with E-state index in [9.17, 15) is 13.6 Å². The van der Waals surface area contributed by atoms with E-state index in [1.165, 1.54) is 6.92 Å². The van der Waals surface area contributed by atoms with Crippen LogP contribution in [0.2, 0.25) is 0 Å². The molecule has 0 aromatic carbocycles. The minimum atomic E-state index is -2.57. The Hall–Kier alpha value is -0.710. The Morgan fingerprint density at radius 3 is 2.50 bits per heavy atom. The minimum absolute atomic E-state index is 0.705. The van der Waals surface area contributed by atoms with E-state index in [1.807, 2.05) is 5.32 Å². The van der Waals surface area contributed by atoms with Gasteiger partial charge in [0, 0.05) is 0 Å². The summed E-state index contributed by atoms with van der Waals surface area (Å²) in [5, 5.41) is 10.3. The molecule has 0 aromatic rings. The van der Waals surface area contributed by atoms with Crippen LogP contribution in [0.15, 0.2) is 0 Å². The molecule has 60 valence electrons. The summed E-state index contributed by atoms with van der Waals surface area (Å²) in [4.78, 5) is 10.4. The van der Waals surface area contributed by atoms with Gasteiger partial charge in [0.15, 0.2) is 0 Å². The molecule has 2 N–H and O–H groups in total. The predicted octanol–water partition coefficient (Wildman–Crippen LogP) is -0.252. The number of carbonyl (C=O) groups excluding carboxylic acids is 1. The number of carbonyl (C=O) groups is 1. The van der Waals surface area contributed by atoms with E-state index in [-0.39, 0.29) is 0 Å². The molecular weight excluding hydrogens is 144 g/mol. The highest BCUT2D eigenvalue weighted by Gasteiger charge is 2.10. The van der Waals surface area contributed by atoms with E-state index < -0.39 is 25.0 Å². The van der Waals surface area contributed by atoms with E-state index in [0.717, 1.165) is 0 Å². The Bertz CT molecular complexity index is 116. The number of hydrogen-bond donors (Lipinski definition) is 2. The first-order chi connectivity index (χ1) is 4.54. The van der Waals surface area contributed by atoms with Gasteiger partial charge in [-0.15, -0.1) is 0 Å². The SMILES string of the molecule is C[C@@H](O)C(=O)NCC(F)F. The third-order valence-electron chi connectivity index (χ3n) is 0.810. The zero-order valence-electron chi connectivity index (χ0n) is 5.47. The normalized spacial score (nSPS) is 13.3. The Labute approximate surface area is 57.0 Å². The van der Waals surface area contributed by atoms with Crippen LogP contribution >= 0.6 is 0 Å². The van der Waals surface area contributed by atoms with Crippen molar-refractivity contribution in [3.8, 4) is 0 Å². The fourth-order valence-corrected chi connectivity index (χ4v) is 0.325. The van der Waals surface area contributed by atoms with Gasteiger partial charge < -0.3 is 10.4 Å². The van der Waals surface area contributed by atoms with Crippen LogP contribution in [-0.4, -0.2) is 30.1 Å². The fourth-order valence-electron chi connectivity index (χ4n) is 0.325. The van der Waals surface area contributed by atoms with Gasteiger partial charge >= 0.3 is 0 Å². The molecule has 0 aliphatic carbocycles. The van der Waals surface area contributed by atoms with Crippen molar-refractivity contribution in [1.82, 2.24) is 5.32 Å². The molecule has 0 unspecified atom stereocenters. The third-order valence-corrected chi connectivity index (χ3v) is 0.810. The smallest absolute Gasteiger partial charge is 0.255 e. The van der Waals surface area contributed by atoms with Gasteiger partial charge in [-0.05, 0) is 6.92 Å². The number of halogens is 2. The third kappa shape index (κ3) is 4.20.